The van der Waals surface area contributed by atoms with Crippen molar-refractivity contribution in [3.05, 3.63) is 114 Å². The van der Waals surface area contributed by atoms with E-state index >= 15 is 0 Å². The number of nitrogens with two attached hydrogens (primary N) is 1. The van der Waals surface area contributed by atoms with E-state index in [0.717, 1.165) is 66.8 Å². The van der Waals surface area contributed by atoms with E-state index in [2.05, 4.69) is 21.3 Å². The first-order chi connectivity index (χ1) is 36.2. The molecule has 19 heteroatoms. The van der Waals surface area contributed by atoms with Gasteiger partial charge in [-0.15, -0.1) is 0 Å². The summed E-state index contributed by atoms with van der Waals surface area (Å²) >= 11 is 0. The molecule has 6 N–H and O–H groups in total. The van der Waals surface area contributed by atoms with Crippen LogP contribution < -0.4 is 31.6 Å². The number of carbonyl (C=O) groups excluding carboxylic acids is 8. The minimum atomic E-state index is -0.845. The van der Waals surface area contributed by atoms with Gasteiger partial charge < -0.3 is 46.1 Å². The van der Waals surface area contributed by atoms with Crippen molar-refractivity contribution in [1.82, 2.24) is 25.8 Å². The quantitative estimate of drug-likeness (QED) is 0.0249. The second kappa shape index (κ2) is 32.3. The third-order valence-electron chi connectivity index (χ3n) is 12.9. The number of hydrogen-bond acceptors (Lipinski definition) is 11. The van der Waals surface area contributed by atoms with Crippen molar-refractivity contribution in [2.24, 2.45) is 23.5 Å². The molecule has 404 valence electrons. The molecule has 0 radical (unpaired) electrons. The lowest BCUT2D eigenvalue weighted by Crippen LogP contribution is -2.45. The van der Waals surface area contributed by atoms with Gasteiger partial charge in [0.1, 0.15) is 0 Å². The molecule has 1 aromatic heterocycles. The number of anilines is 1. The summed E-state index contributed by atoms with van der Waals surface area (Å²) in [6.45, 7) is 8.03. The highest BCUT2D eigenvalue weighted by Gasteiger charge is 2.30. The van der Waals surface area contributed by atoms with Crippen molar-refractivity contribution < 1.29 is 57.1 Å². The normalized spacial score (nSPS) is 14.5. The van der Waals surface area contributed by atoms with Crippen LogP contribution in [0.15, 0.2) is 97.4 Å². The third kappa shape index (κ3) is 21.7. The fourth-order valence-electron chi connectivity index (χ4n) is 8.71. The number of carbonyl (C=O) groups is 8. The van der Waals surface area contributed by atoms with Crippen LogP contribution in [0.25, 0.3) is 6.08 Å². The molecule has 3 aromatic rings. The van der Waals surface area contributed by atoms with Crippen LogP contribution in [0.1, 0.15) is 93.1 Å². The van der Waals surface area contributed by atoms with Crippen LogP contribution in [-0.4, -0.2) is 135 Å². The molecule has 0 bridgehead atoms. The maximum atomic E-state index is 13.7. The summed E-state index contributed by atoms with van der Waals surface area (Å²) in [6.07, 6.45) is 15.2. The minimum absolute atomic E-state index is 0.00594. The van der Waals surface area contributed by atoms with Crippen molar-refractivity contribution in [1.29, 1.82) is 0 Å². The lowest BCUT2D eigenvalue weighted by atomic mass is 9.89. The number of urea groups is 1. The Balaban J connectivity index is 0.989. The number of amides is 8. The fourth-order valence-corrected chi connectivity index (χ4v) is 8.71. The summed E-state index contributed by atoms with van der Waals surface area (Å²) in [7, 11) is 0. The predicted octanol–water partition coefficient (Wildman–Crippen LogP) is 4.34. The molecule has 3 heterocycles. The first kappa shape index (κ1) is 58.8. The lowest BCUT2D eigenvalue weighted by molar-refractivity contribution is -0.688. The van der Waals surface area contributed by atoms with Gasteiger partial charge in [-0.05, 0) is 80.3 Å². The number of imide groups is 1. The zero-order chi connectivity index (χ0) is 53.8. The van der Waals surface area contributed by atoms with Crippen LogP contribution in [0.2, 0.25) is 0 Å². The number of nitrogens with zero attached hydrogens (tertiary/aromatic N) is 3. The molecule has 75 heavy (non-hydrogen) atoms. The van der Waals surface area contributed by atoms with Gasteiger partial charge >= 0.3 is 6.03 Å². The Hall–Kier alpha value is -7.09. The Morgan fingerprint density at radius 2 is 1.45 bits per heavy atom. The number of primary amides is 1. The topological polar surface area (TPSA) is 249 Å². The van der Waals surface area contributed by atoms with E-state index in [0.29, 0.717) is 31.1 Å². The standard InChI is InChI=1S/C56H74N8O11/c1-41(2)53(61-50(67)25-32-73-34-36-75-37-35-74-33-31-64-51(68)21-22-52(64)69)48(65)38-46(14-8-27-59-56(57)72)54(70)60-47-18-15-44(16-19-47)40-62-28-9-11-43(39-62)17-20-49(66)58-26-7-6-10-42-23-29-63(30-24-42)55(71)45-12-4-3-5-13-45/h3-5,9,11-13,15-22,28,39,41-42,46,53H,6-8,10,14,23-27,29-38,40H2,1-2H3,(H5-,57,58,59,60,61,66,67,70,72)/p+1/b20-17+/t46-,53+/m1/s1. The number of aromatic nitrogens is 1. The number of ketones is 1. The first-order valence-corrected chi connectivity index (χ1v) is 26.1. The van der Waals surface area contributed by atoms with E-state index in [-0.39, 0.29) is 119 Å². The summed E-state index contributed by atoms with van der Waals surface area (Å²) in [4.78, 5) is 103. The second-order valence-electron chi connectivity index (χ2n) is 19.1. The van der Waals surface area contributed by atoms with Crippen LogP contribution in [0.5, 0.6) is 0 Å². The molecule has 19 nitrogen and oxygen atoms in total. The molecule has 0 saturated carbocycles. The highest BCUT2D eigenvalue weighted by molar-refractivity contribution is 6.12. The van der Waals surface area contributed by atoms with Gasteiger partial charge in [0.2, 0.25) is 17.7 Å². The summed E-state index contributed by atoms with van der Waals surface area (Å²) in [6, 6.07) is 19.1. The summed E-state index contributed by atoms with van der Waals surface area (Å²) in [5.74, 6) is -2.25. The average Bonchev–Trinajstić information content (AvgIpc) is 3.72. The monoisotopic (exact) mass is 1040 g/mol. The van der Waals surface area contributed by atoms with Crippen LogP contribution in [-0.2, 0) is 49.5 Å². The first-order valence-electron chi connectivity index (χ1n) is 26.1. The lowest BCUT2D eigenvalue weighted by Gasteiger charge is -2.32. The molecule has 0 aliphatic carbocycles. The van der Waals surface area contributed by atoms with E-state index in [4.69, 9.17) is 19.9 Å². The number of likely N-dealkylation sites (tertiary alicyclic amines) is 1. The molecule has 2 aliphatic rings. The number of benzene rings is 2. The highest BCUT2D eigenvalue weighted by atomic mass is 16.5. The summed E-state index contributed by atoms with van der Waals surface area (Å²) in [5.41, 5.74) is 8.34. The number of unbranched alkanes of at least 4 members (excludes halogenated alkanes) is 1. The van der Waals surface area contributed by atoms with E-state index in [1.165, 1.54) is 12.2 Å². The number of Topliss-reactive ketones (excluding diaryl/α,β-unsaturated/α-hetero) is 1. The molecule has 2 aromatic carbocycles. The van der Waals surface area contributed by atoms with E-state index < -0.39 is 18.0 Å². The number of pyridine rings is 1. The Morgan fingerprint density at radius 1 is 0.787 bits per heavy atom. The van der Waals surface area contributed by atoms with E-state index in [1.54, 1.807) is 24.3 Å². The Bertz CT molecular complexity index is 2390. The molecular formula is C56H75N8O11+. The van der Waals surface area contributed by atoms with Crippen molar-refractivity contribution in [2.75, 3.05) is 77.7 Å². The smallest absolute Gasteiger partial charge is 0.312 e. The Kier molecular flexibility index (Phi) is 25.3. The van der Waals surface area contributed by atoms with Crippen molar-refractivity contribution in [3.63, 3.8) is 0 Å². The van der Waals surface area contributed by atoms with Crippen LogP contribution in [0.4, 0.5) is 10.5 Å². The Labute approximate surface area is 440 Å². The van der Waals surface area contributed by atoms with Gasteiger partial charge in [0.15, 0.2) is 24.7 Å². The van der Waals surface area contributed by atoms with E-state index in [1.807, 2.05) is 90.3 Å². The Morgan fingerprint density at radius 3 is 2.13 bits per heavy atom. The molecule has 2 aliphatic heterocycles. The van der Waals surface area contributed by atoms with Gasteiger partial charge in [0, 0.05) is 91.6 Å². The van der Waals surface area contributed by atoms with Crippen molar-refractivity contribution >= 4 is 59.0 Å². The van der Waals surface area contributed by atoms with Crippen LogP contribution >= 0.6 is 0 Å². The third-order valence-corrected chi connectivity index (χ3v) is 12.9. The molecule has 2 atom stereocenters. The highest BCUT2D eigenvalue weighted by Crippen LogP contribution is 2.24. The number of ether oxygens (including phenoxy) is 3. The van der Waals surface area contributed by atoms with Crippen LogP contribution in [0, 0.1) is 17.8 Å². The maximum absolute atomic E-state index is 13.7. The fraction of sp³-hybridized carbons (Fsp3) is 0.482. The largest absolute Gasteiger partial charge is 0.379 e. The number of hydrogen-bond donors (Lipinski definition) is 5. The maximum Gasteiger partial charge on any atom is 0.312 e. The zero-order valence-corrected chi connectivity index (χ0v) is 43.4. The van der Waals surface area contributed by atoms with Gasteiger partial charge in [-0.1, -0.05) is 57.0 Å². The molecule has 8 amide bonds. The molecule has 0 unspecified atom stereocenters. The van der Waals surface area contributed by atoms with Gasteiger partial charge in [0.25, 0.3) is 17.7 Å². The molecule has 5 rings (SSSR count). The van der Waals surface area contributed by atoms with Crippen molar-refractivity contribution in [2.45, 2.75) is 84.2 Å². The van der Waals surface area contributed by atoms with Gasteiger partial charge in [0.05, 0.1) is 52.2 Å². The van der Waals surface area contributed by atoms with E-state index in [9.17, 15) is 38.4 Å². The number of piperidine rings is 1. The number of rotatable bonds is 33. The average molecular weight is 1040 g/mol. The molecule has 0 spiro atoms. The van der Waals surface area contributed by atoms with Gasteiger partial charge in [-0.25, -0.2) is 9.36 Å². The molecule has 1 saturated heterocycles. The SMILES string of the molecule is CC(C)[C@H](NC(=O)CCOCCOCCOCCN1C(=O)C=CC1=O)C(=O)C[C@@H](CCCNC(N)=O)C(=O)Nc1ccc(C[n+]2cccc(/C=C/C(=O)NCCCCC3CCN(C(=O)c4ccccc4)CC3)c2)cc1. The van der Waals surface area contributed by atoms with Crippen LogP contribution in [0.3, 0.4) is 0 Å². The van der Waals surface area contributed by atoms with Crippen molar-refractivity contribution in [3.8, 4) is 0 Å². The minimum Gasteiger partial charge on any atom is -0.379 e. The zero-order valence-electron chi connectivity index (χ0n) is 43.4. The summed E-state index contributed by atoms with van der Waals surface area (Å²) < 4.78 is 18.4. The van der Waals surface area contributed by atoms with Gasteiger partial charge in [-0.3, -0.25) is 38.5 Å². The molecule has 1 fully saturated rings. The van der Waals surface area contributed by atoms with Gasteiger partial charge in [-0.2, -0.15) is 0 Å². The second-order valence-corrected chi connectivity index (χ2v) is 19.1. The number of nitrogens with one attached hydrogen (secondary N) is 4. The molecular weight excluding hydrogens is 961 g/mol. The summed E-state index contributed by atoms with van der Waals surface area (Å²) in [5, 5.41) is 11.3. The predicted molar refractivity (Wildman–Crippen MR) is 281 cm³/mol.